The fourth-order valence-electron chi connectivity index (χ4n) is 2.93. The molecular weight excluding hydrogens is 284 g/mol. The zero-order valence-corrected chi connectivity index (χ0v) is 12.7. The number of likely N-dealkylation sites (N-methyl/N-ethyl adjacent to an activating group) is 1. The third-order valence-electron chi connectivity index (χ3n) is 4.19. The number of aromatic nitrogens is 2. The molecule has 2 aromatic rings. The molecule has 7 heteroatoms. The summed E-state index contributed by atoms with van der Waals surface area (Å²) >= 11 is 0. The molecule has 3 N–H and O–H groups in total. The Morgan fingerprint density at radius 2 is 2.18 bits per heavy atom. The van der Waals surface area contributed by atoms with Crippen molar-refractivity contribution in [2.75, 3.05) is 20.7 Å². The monoisotopic (exact) mass is 304 g/mol. The van der Waals surface area contributed by atoms with Crippen molar-refractivity contribution < 1.29 is 9.53 Å². The fourth-order valence-corrected chi connectivity index (χ4v) is 2.93. The number of ether oxygens (including phenoxy) is 1. The normalized spacial score (nSPS) is 22.3. The lowest BCUT2D eigenvalue weighted by atomic mass is 10.1. The van der Waals surface area contributed by atoms with Crippen molar-refractivity contribution in [3.8, 4) is 0 Å². The standard InChI is InChI=1S/C15H20N4O3/c1-19-8-10(22-2)6-13(19)14(20)16-7-9-3-4-11-12(5-9)18-15(21)17-11/h3-5,10,13H,6-8H2,1-2H3,(H,16,20)(H2,17,18,21)/t10-,13-/m0/s1. The SMILES string of the molecule is CO[C@H]1C[C@@H](C(=O)NCc2ccc3[nH]c(=O)[nH]c3c2)N(C)C1. The third-order valence-corrected chi connectivity index (χ3v) is 4.19. The highest BCUT2D eigenvalue weighted by Gasteiger charge is 2.34. The summed E-state index contributed by atoms with van der Waals surface area (Å²) in [6.45, 7) is 1.20. The Kier molecular flexibility index (Phi) is 4.00. The lowest BCUT2D eigenvalue weighted by molar-refractivity contribution is -0.125. The summed E-state index contributed by atoms with van der Waals surface area (Å²) in [7, 11) is 3.60. The molecule has 3 rings (SSSR count). The summed E-state index contributed by atoms with van der Waals surface area (Å²) in [5.74, 6) is 0.00436. The first-order valence-electron chi connectivity index (χ1n) is 7.28. The minimum Gasteiger partial charge on any atom is -0.380 e. The molecule has 22 heavy (non-hydrogen) atoms. The van der Waals surface area contributed by atoms with Crippen LogP contribution in [0.1, 0.15) is 12.0 Å². The van der Waals surface area contributed by atoms with Crippen molar-refractivity contribution in [2.45, 2.75) is 25.1 Å². The van der Waals surface area contributed by atoms with Crippen LogP contribution in [0.25, 0.3) is 11.0 Å². The van der Waals surface area contributed by atoms with E-state index in [1.165, 1.54) is 0 Å². The number of hydrogen-bond donors (Lipinski definition) is 3. The van der Waals surface area contributed by atoms with Crippen LogP contribution < -0.4 is 11.0 Å². The zero-order valence-electron chi connectivity index (χ0n) is 12.7. The molecule has 1 fully saturated rings. The average molecular weight is 304 g/mol. The number of aromatic amines is 2. The van der Waals surface area contributed by atoms with Crippen molar-refractivity contribution in [1.29, 1.82) is 0 Å². The lowest BCUT2D eigenvalue weighted by Crippen LogP contribution is -2.41. The molecule has 0 bridgehead atoms. The Morgan fingerprint density at radius 3 is 2.91 bits per heavy atom. The number of methoxy groups -OCH3 is 1. The molecule has 7 nitrogen and oxygen atoms in total. The predicted octanol–water partition coefficient (Wildman–Crippen LogP) is 0.192. The second kappa shape index (κ2) is 5.94. The number of likely N-dealkylation sites (tertiary alicyclic amines) is 1. The molecule has 0 aliphatic carbocycles. The van der Waals surface area contributed by atoms with E-state index in [0.29, 0.717) is 13.0 Å². The van der Waals surface area contributed by atoms with E-state index >= 15 is 0 Å². The van der Waals surface area contributed by atoms with Gasteiger partial charge in [0, 0.05) is 20.2 Å². The van der Waals surface area contributed by atoms with Gasteiger partial charge in [0.2, 0.25) is 5.91 Å². The first-order chi connectivity index (χ1) is 10.6. The molecule has 1 aromatic heterocycles. The summed E-state index contributed by atoms with van der Waals surface area (Å²) in [6.07, 6.45) is 0.824. The first-order valence-corrected chi connectivity index (χ1v) is 7.28. The maximum absolute atomic E-state index is 12.3. The van der Waals surface area contributed by atoms with Crippen molar-refractivity contribution in [1.82, 2.24) is 20.2 Å². The van der Waals surface area contributed by atoms with E-state index in [1.807, 2.05) is 30.1 Å². The number of hydrogen-bond acceptors (Lipinski definition) is 4. The number of nitrogens with zero attached hydrogens (tertiary/aromatic N) is 1. The molecule has 0 saturated carbocycles. The van der Waals surface area contributed by atoms with Crippen LogP contribution in [0.5, 0.6) is 0 Å². The summed E-state index contributed by atoms with van der Waals surface area (Å²) in [6, 6.07) is 5.44. The number of benzene rings is 1. The molecule has 1 aliphatic rings. The highest BCUT2D eigenvalue weighted by Crippen LogP contribution is 2.18. The Labute approximate surface area is 127 Å². The van der Waals surface area contributed by atoms with Crippen LogP contribution in [0.2, 0.25) is 0 Å². The molecule has 0 spiro atoms. The van der Waals surface area contributed by atoms with Crippen molar-refractivity contribution in [3.05, 3.63) is 34.2 Å². The Hall–Kier alpha value is -2.12. The molecule has 1 saturated heterocycles. The van der Waals surface area contributed by atoms with Gasteiger partial charge in [0.1, 0.15) is 0 Å². The van der Waals surface area contributed by atoms with E-state index in [4.69, 9.17) is 4.74 Å². The highest BCUT2D eigenvalue weighted by molar-refractivity contribution is 5.82. The Morgan fingerprint density at radius 1 is 1.41 bits per heavy atom. The molecule has 0 unspecified atom stereocenters. The van der Waals surface area contributed by atoms with Crippen molar-refractivity contribution in [2.24, 2.45) is 0 Å². The van der Waals surface area contributed by atoms with E-state index in [-0.39, 0.29) is 23.7 Å². The molecule has 1 amide bonds. The molecule has 2 atom stereocenters. The van der Waals surface area contributed by atoms with Gasteiger partial charge in [-0.1, -0.05) is 6.07 Å². The number of imidazole rings is 1. The minimum absolute atomic E-state index is 0.00436. The van der Waals surface area contributed by atoms with Gasteiger partial charge < -0.3 is 20.0 Å². The van der Waals surface area contributed by atoms with Gasteiger partial charge >= 0.3 is 5.69 Å². The summed E-state index contributed by atoms with van der Waals surface area (Å²) < 4.78 is 5.32. The van der Waals surface area contributed by atoms with Crippen LogP contribution in [0.15, 0.2) is 23.0 Å². The van der Waals surface area contributed by atoms with E-state index in [0.717, 1.165) is 23.1 Å². The van der Waals surface area contributed by atoms with Gasteiger partial charge in [-0.15, -0.1) is 0 Å². The predicted molar refractivity (Wildman–Crippen MR) is 82.6 cm³/mol. The molecular formula is C15H20N4O3. The van der Waals surface area contributed by atoms with Crippen molar-refractivity contribution in [3.63, 3.8) is 0 Å². The molecule has 0 radical (unpaired) electrons. The summed E-state index contributed by atoms with van der Waals surface area (Å²) in [4.78, 5) is 30.9. The van der Waals surface area contributed by atoms with Crippen LogP contribution >= 0.6 is 0 Å². The molecule has 1 aliphatic heterocycles. The first kappa shape index (κ1) is 14.8. The van der Waals surface area contributed by atoms with Crippen LogP contribution in [0.4, 0.5) is 0 Å². The van der Waals surface area contributed by atoms with Gasteiger partial charge in [0.05, 0.1) is 23.2 Å². The quantitative estimate of drug-likeness (QED) is 0.752. The molecule has 2 heterocycles. The molecule has 118 valence electrons. The smallest absolute Gasteiger partial charge is 0.323 e. The zero-order chi connectivity index (χ0) is 15.7. The third kappa shape index (κ3) is 2.90. The van der Waals surface area contributed by atoms with E-state index in [1.54, 1.807) is 7.11 Å². The number of carbonyl (C=O) groups is 1. The van der Waals surface area contributed by atoms with Crippen LogP contribution in [0, 0.1) is 0 Å². The van der Waals surface area contributed by atoms with Gasteiger partial charge in [-0.05, 0) is 31.2 Å². The Bertz CT molecular complexity index is 736. The van der Waals surface area contributed by atoms with Crippen LogP contribution in [0.3, 0.4) is 0 Å². The van der Waals surface area contributed by atoms with Gasteiger partial charge in [0.25, 0.3) is 0 Å². The van der Waals surface area contributed by atoms with Gasteiger partial charge in [-0.25, -0.2) is 4.79 Å². The van der Waals surface area contributed by atoms with E-state index < -0.39 is 0 Å². The topological polar surface area (TPSA) is 90.2 Å². The fraction of sp³-hybridized carbons (Fsp3) is 0.467. The lowest BCUT2D eigenvalue weighted by Gasteiger charge is -2.18. The van der Waals surface area contributed by atoms with Gasteiger partial charge in [-0.3, -0.25) is 9.69 Å². The number of H-pyrrole nitrogens is 2. The number of carbonyl (C=O) groups excluding carboxylic acids is 1. The van der Waals surface area contributed by atoms with Crippen LogP contribution in [-0.2, 0) is 16.1 Å². The van der Waals surface area contributed by atoms with Crippen LogP contribution in [-0.4, -0.2) is 53.6 Å². The number of fused-ring (bicyclic) bond motifs is 1. The summed E-state index contributed by atoms with van der Waals surface area (Å²) in [5.41, 5.74) is 2.22. The van der Waals surface area contributed by atoms with E-state index in [9.17, 15) is 9.59 Å². The summed E-state index contributed by atoms with van der Waals surface area (Å²) in [5, 5.41) is 2.95. The maximum Gasteiger partial charge on any atom is 0.323 e. The number of rotatable bonds is 4. The van der Waals surface area contributed by atoms with Gasteiger partial charge in [-0.2, -0.15) is 0 Å². The molecule has 1 aromatic carbocycles. The second-order valence-corrected chi connectivity index (χ2v) is 5.73. The van der Waals surface area contributed by atoms with Gasteiger partial charge in [0.15, 0.2) is 0 Å². The number of amides is 1. The number of nitrogens with one attached hydrogen (secondary N) is 3. The Balaban J connectivity index is 1.63. The second-order valence-electron chi connectivity index (χ2n) is 5.73. The highest BCUT2D eigenvalue weighted by atomic mass is 16.5. The minimum atomic E-state index is -0.227. The van der Waals surface area contributed by atoms with Crippen molar-refractivity contribution >= 4 is 16.9 Å². The average Bonchev–Trinajstić information content (AvgIpc) is 3.05. The maximum atomic E-state index is 12.3. The van der Waals surface area contributed by atoms with E-state index in [2.05, 4.69) is 15.3 Å². The largest absolute Gasteiger partial charge is 0.380 e.